The summed E-state index contributed by atoms with van der Waals surface area (Å²) in [5.74, 6) is 0.491. The lowest BCUT2D eigenvalue weighted by Crippen LogP contribution is -2.36. The number of hydrogen-bond donors (Lipinski definition) is 2. The van der Waals surface area contributed by atoms with Crippen LogP contribution in [0.25, 0.3) is 0 Å². The van der Waals surface area contributed by atoms with Gasteiger partial charge in [-0.1, -0.05) is 11.6 Å². The largest absolute Gasteiger partial charge is 0.368 e. The molecule has 0 aliphatic rings. The Morgan fingerprint density at radius 1 is 1.69 bits per heavy atom. The lowest BCUT2D eigenvalue weighted by molar-refractivity contribution is -0.119. The lowest BCUT2D eigenvalue weighted by atomic mass is 10.4. The molecule has 88 valence electrons. The molecule has 1 rings (SSSR count). The molecule has 1 aromatic rings. The first-order valence-electron chi connectivity index (χ1n) is 4.82. The van der Waals surface area contributed by atoms with Gasteiger partial charge in [0.1, 0.15) is 5.02 Å². The molecule has 0 saturated carbocycles. The predicted molar refractivity (Wildman–Crippen MR) is 63.4 cm³/mol. The number of carbonyl (C=O) groups excluding carboxylic acids is 1. The minimum Gasteiger partial charge on any atom is -0.368 e. The van der Waals surface area contributed by atoms with Gasteiger partial charge in [-0.2, -0.15) is 4.98 Å². The van der Waals surface area contributed by atoms with E-state index in [0.29, 0.717) is 17.4 Å². The molecular formula is C9H14ClN5O. The molecule has 0 atom stereocenters. The van der Waals surface area contributed by atoms with Gasteiger partial charge in [0.05, 0.1) is 12.7 Å². The number of hydrogen-bond acceptors (Lipinski definition) is 5. The first kappa shape index (κ1) is 12.5. The quantitative estimate of drug-likeness (QED) is 0.794. The van der Waals surface area contributed by atoms with Crippen LogP contribution in [0.2, 0.25) is 5.02 Å². The Kier molecular flexibility index (Phi) is 4.30. The number of nitrogen functional groups attached to an aromatic ring is 1. The van der Waals surface area contributed by atoms with Gasteiger partial charge in [-0.15, -0.1) is 0 Å². The van der Waals surface area contributed by atoms with Crippen molar-refractivity contribution >= 4 is 29.3 Å². The molecule has 0 radical (unpaired) electrons. The Morgan fingerprint density at radius 3 is 2.94 bits per heavy atom. The normalized spacial score (nSPS) is 9.94. The summed E-state index contributed by atoms with van der Waals surface area (Å²) in [7, 11) is 1.58. The highest BCUT2D eigenvalue weighted by molar-refractivity contribution is 6.32. The van der Waals surface area contributed by atoms with Crippen molar-refractivity contribution in [2.75, 3.05) is 30.8 Å². The summed E-state index contributed by atoms with van der Waals surface area (Å²) in [5, 5.41) is 2.91. The molecule has 1 heterocycles. The molecular weight excluding hydrogens is 230 g/mol. The van der Waals surface area contributed by atoms with Crippen molar-refractivity contribution in [3.8, 4) is 0 Å². The first-order chi connectivity index (χ1) is 7.58. The maximum absolute atomic E-state index is 11.3. The molecule has 7 heteroatoms. The van der Waals surface area contributed by atoms with E-state index in [9.17, 15) is 4.79 Å². The molecule has 1 aromatic heterocycles. The van der Waals surface area contributed by atoms with Crippen LogP contribution in [-0.4, -0.2) is 36.0 Å². The van der Waals surface area contributed by atoms with E-state index in [1.807, 2.05) is 6.92 Å². The van der Waals surface area contributed by atoms with E-state index in [0.717, 1.165) is 0 Å². The standard InChI is InChI=1S/C9H14ClN5O/c1-3-15(5-7(16)12-2)8-6(10)4-13-9(11)14-8/h4H,3,5H2,1-2H3,(H,12,16)(H2,11,13,14). The monoisotopic (exact) mass is 243 g/mol. The maximum Gasteiger partial charge on any atom is 0.239 e. The van der Waals surface area contributed by atoms with E-state index in [-0.39, 0.29) is 18.4 Å². The van der Waals surface area contributed by atoms with Crippen molar-refractivity contribution in [1.29, 1.82) is 0 Å². The number of rotatable bonds is 4. The summed E-state index contributed by atoms with van der Waals surface area (Å²) in [5.41, 5.74) is 5.48. The predicted octanol–water partition coefficient (Wildman–Crippen LogP) is 0.285. The molecule has 0 unspecified atom stereocenters. The number of carbonyl (C=O) groups is 1. The van der Waals surface area contributed by atoms with E-state index in [2.05, 4.69) is 15.3 Å². The molecule has 16 heavy (non-hydrogen) atoms. The highest BCUT2D eigenvalue weighted by Gasteiger charge is 2.14. The SMILES string of the molecule is CCN(CC(=O)NC)c1nc(N)ncc1Cl. The molecule has 0 aliphatic carbocycles. The Labute approximate surface area is 98.8 Å². The number of amides is 1. The van der Waals surface area contributed by atoms with Gasteiger partial charge in [0, 0.05) is 13.6 Å². The Balaban J connectivity index is 2.94. The highest BCUT2D eigenvalue weighted by atomic mass is 35.5. The molecule has 3 N–H and O–H groups in total. The molecule has 1 amide bonds. The zero-order chi connectivity index (χ0) is 12.1. The number of nitrogens with zero attached hydrogens (tertiary/aromatic N) is 3. The highest BCUT2D eigenvalue weighted by Crippen LogP contribution is 2.22. The average Bonchev–Trinajstić information content (AvgIpc) is 2.29. The topological polar surface area (TPSA) is 84.1 Å². The Hall–Kier alpha value is -1.56. The van der Waals surface area contributed by atoms with E-state index >= 15 is 0 Å². The summed E-state index contributed by atoms with van der Waals surface area (Å²) >= 11 is 5.94. The fourth-order valence-corrected chi connectivity index (χ4v) is 1.39. The second-order valence-electron chi connectivity index (χ2n) is 3.09. The average molecular weight is 244 g/mol. The van der Waals surface area contributed by atoms with Crippen molar-refractivity contribution in [3.05, 3.63) is 11.2 Å². The van der Waals surface area contributed by atoms with Crippen LogP contribution in [0, 0.1) is 0 Å². The molecule has 0 spiro atoms. The van der Waals surface area contributed by atoms with Crippen molar-refractivity contribution in [1.82, 2.24) is 15.3 Å². The van der Waals surface area contributed by atoms with Gasteiger partial charge in [0.25, 0.3) is 0 Å². The van der Waals surface area contributed by atoms with Gasteiger partial charge >= 0.3 is 0 Å². The second kappa shape index (κ2) is 5.50. The third-order valence-electron chi connectivity index (χ3n) is 2.04. The van der Waals surface area contributed by atoms with Crippen molar-refractivity contribution in [3.63, 3.8) is 0 Å². The van der Waals surface area contributed by atoms with E-state index in [1.165, 1.54) is 6.20 Å². The maximum atomic E-state index is 11.3. The summed E-state index contributed by atoms with van der Waals surface area (Å²) in [6, 6.07) is 0. The number of halogens is 1. The summed E-state index contributed by atoms with van der Waals surface area (Å²) in [4.78, 5) is 20.8. The van der Waals surface area contributed by atoms with Gasteiger partial charge in [-0.3, -0.25) is 4.79 Å². The zero-order valence-corrected chi connectivity index (χ0v) is 9.95. The zero-order valence-electron chi connectivity index (χ0n) is 9.20. The summed E-state index contributed by atoms with van der Waals surface area (Å²) in [6.45, 7) is 2.68. The smallest absolute Gasteiger partial charge is 0.239 e. The Bertz CT molecular complexity index is 384. The van der Waals surface area contributed by atoms with Gasteiger partial charge in [-0.25, -0.2) is 4.98 Å². The van der Waals surface area contributed by atoms with Crippen LogP contribution in [0.15, 0.2) is 6.20 Å². The van der Waals surface area contributed by atoms with Crippen LogP contribution in [-0.2, 0) is 4.79 Å². The van der Waals surface area contributed by atoms with E-state index < -0.39 is 0 Å². The molecule has 0 aliphatic heterocycles. The van der Waals surface area contributed by atoms with Crippen LogP contribution in [0.1, 0.15) is 6.92 Å². The minimum absolute atomic E-state index is 0.116. The lowest BCUT2D eigenvalue weighted by Gasteiger charge is -2.21. The van der Waals surface area contributed by atoms with Crippen LogP contribution in [0.5, 0.6) is 0 Å². The number of likely N-dealkylation sites (N-methyl/N-ethyl adjacent to an activating group) is 2. The molecule has 0 bridgehead atoms. The fourth-order valence-electron chi connectivity index (χ4n) is 1.18. The molecule has 0 saturated heterocycles. The van der Waals surface area contributed by atoms with Gasteiger partial charge < -0.3 is 16.0 Å². The molecule has 0 aromatic carbocycles. The number of nitrogens with one attached hydrogen (secondary N) is 1. The second-order valence-corrected chi connectivity index (χ2v) is 3.49. The molecule has 6 nitrogen and oxygen atoms in total. The van der Waals surface area contributed by atoms with Gasteiger partial charge in [0.2, 0.25) is 11.9 Å². The van der Waals surface area contributed by atoms with Crippen molar-refractivity contribution in [2.45, 2.75) is 6.92 Å². The van der Waals surface area contributed by atoms with E-state index in [1.54, 1.807) is 11.9 Å². The van der Waals surface area contributed by atoms with Crippen molar-refractivity contribution < 1.29 is 4.79 Å². The van der Waals surface area contributed by atoms with E-state index in [4.69, 9.17) is 17.3 Å². The summed E-state index contributed by atoms with van der Waals surface area (Å²) < 4.78 is 0. The first-order valence-corrected chi connectivity index (χ1v) is 5.19. The van der Waals surface area contributed by atoms with Crippen LogP contribution in [0.4, 0.5) is 11.8 Å². The third-order valence-corrected chi connectivity index (χ3v) is 2.31. The number of anilines is 2. The fraction of sp³-hybridized carbons (Fsp3) is 0.444. The van der Waals surface area contributed by atoms with Crippen LogP contribution in [0.3, 0.4) is 0 Å². The van der Waals surface area contributed by atoms with Crippen molar-refractivity contribution in [2.24, 2.45) is 0 Å². The van der Waals surface area contributed by atoms with Crippen LogP contribution >= 0.6 is 11.6 Å². The number of aromatic nitrogens is 2. The van der Waals surface area contributed by atoms with Gasteiger partial charge in [-0.05, 0) is 6.92 Å². The van der Waals surface area contributed by atoms with Gasteiger partial charge in [0.15, 0.2) is 5.82 Å². The third kappa shape index (κ3) is 2.96. The van der Waals surface area contributed by atoms with Crippen LogP contribution < -0.4 is 16.0 Å². The molecule has 0 fully saturated rings. The Morgan fingerprint density at radius 2 is 2.38 bits per heavy atom. The summed E-state index contributed by atoms with van der Waals surface area (Å²) in [6.07, 6.45) is 1.42. The minimum atomic E-state index is -0.116. The number of nitrogens with two attached hydrogens (primary N) is 1.